The van der Waals surface area contributed by atoms with E-state index >= 15 is 0 Å². The van der Waals surface area contributed by atoms with Gasteiger partial charge in [0.1, 0.15) is 4.90 Å². The number of allylic oxidation sites excluding steroid dienone is 3. The Morgan fingerprint density at radius 1 is 1.03 bits per heavy atom. The van der Waals surface area contributed by atoms with E-state index in [1.165, 1.54) is 6.07 Å². The fourth-order valence-electron chi connectivity index (χ4n) is 4.53. The summed E-state index contributed by atoms with van der Waals surface area (Å²) < 4.78 is 28.6. The molecule has 1 aliphatic rings. The first-order valence-electron chi connectivity index (χ1n) is 12.3. The molecule has 0 bridgehead atoms. The van der Waals surface area contributed by atoms with Crippen LogP contribution in [-0.2, 0) is 14.8 Å². The zero-order valence-corrected chi connectivity index (χ0v) is 23.2. The van der Waals surface area contributed by atoms with Crippen LogP contribution in [0, 0.1) is 12.3 Å². The van der Waals surface area contributed by atoms with Crippen LogP contribution in [0.25, 0.3) is 5.70 Å². The number of sulfonamides is 1. The second-order valence-electron chi connectivity index (χ2n) is 9.68. The summed E-state index contributed by atoms with van der Waals surface area (Å²) in [6, 6.07) is 12.1. The Labute approximate surface area is 226 Å². The van der Waals surface area contributed by atoms with E-state index in [0.717, 1.165) is 22.4 Å². The molecule has 1 fully saturated rings. The maximum Gasteiger partial charge on any atom is 0.264 e. The number of para-hydroxylation sites is 1. The predicted octanol–water partition coefficient (Wildman–Crippen LogP) is 5.57. The van der Waals surface area contributed by atoms with Crippen molar-refractivity contribution in [3.63, 3.8) is 0 Å². The number of hydrogen-bond donors (Lipinski definition) is 1. The van der Waals surface area contributed by atoms with E-state index in [4.69, 9.17) is 0 Å². The first-order valence-corrected chi connectivity index (χ1v) is 13.8. The minimum absolute atomic E-state index is 0.0517. The Bertz CT molecular complexity index is 1380. The SMILES string of the molecule is C=C/C=C(\C=C)C(C)(C)C(=O)N1CCN(C(=C)c2ccc(NS(=O)(=O)c3cccc(C)c3N=C)cc2)CC1. The molecule has 2 aromatic carbocycles. The fourth-order valence-corrected chi connectivity index (χ4v) is 5.83. The van der Waals surface area contributed by atoms with Crippen molar-refractivity contribution in [2.75, 3.05) is 30.9 Å². The number of amides is 1. The van der Waals surface area contributed by atoms with Crippen LogP contribution in [0.4, 0.5) is 11.4 Å². The summed E-state index contributed by atoms with van der Waals surface area (Å²) in [6.45, 7) is 23.4. The van der Waals surface area contributed by atoms with E-state index in [0.29, 0.717) is 37.6 Å². The quantitative estimate of drug-likeness (QED) is 0.321. The number of carbonyl (C=O) groups is 1. The van der Waals surface area contributed by atoms with Crippen LogP contribution < -0.4 is 4.72 Å². The molecule has 0 atom stereocenters. The normalized spacial score (nSPS) is 14.6. The molecule has 38 heavy (non-hydrogen) atoms. The Hall–Kier alpha value is -3.91. The van der Waals surface area contributed by atoms with E-state index in [-0.39, 0.29) is 10.8 Å². The number of anilines is 1. The highest BCUT2D eigenvalue weighted by molar-refractivity contribution is 7.92. The van der Waals surface area contributed by atoms with Crippen LogP contribution in [0.3, 0.4) is 0 Å². The second kappa shape index (κ2) is 11.6. The van der Waals surface area contributed by atoms with Crippen molar-refractivity contribution in [2.24, 2.45) is 10.4 Å². The van der Waals surface area contributed by atoms with Crippen LogP contribution in [0.1, 0.15) is 25.0 Å². The van der Waals surface area contributed by atoms with Crippen molar-refractivity contribution in [1.82, 2.24) is 9.80 Å². The first-order chi connectivity index (χ1) is 18.0. The monoisotopic (exact) mass is 532 g/mol. The van der Waals surface area contributed by atoms with Gasteiger partial charge in [0, 0.05) is 37.6 Å². The summed E-state index contributed by atoms with van der Waals surface area (Å²) >= 11 is 0. The molecule has 0 spiro atoms. The zero-order chi connectivity index (χ0) is 28.1. The Morgan fingerprint density at radius 3 is 2.18 bits per heavy atom. The van der Waals surface area contributed by atoms with Crippen LogP contribution in [-0.4, -0.2) is 57.0 Å². The van der Waals surface area contributed by atoms with Crippen molar-refractivity contribution in [3.8, 4) is 0 Å². The predicted molar refractivity (Wildman–Crippen MR) is 157 cm³/mol. The van der Waals surface area contributed by atoms with Crippen molar-refractivity contribution < 1.29 is 13.2 Å². The molecule has 1 heterocycles. The molecule has 1 N–H and O–H groups in total. The molecule has 0 saturated carbocycles. The summed E-state index contributed by atoms with van der Waals surface area (Å²) in [6.07, 6.45) is 5.20. The number of piperazine rings is 1. The van der Waals surface area contributed by atoms with Gasteiger partial charge in [0.05, 0.1) is 11.1 Å². The van der Waals surface area contributed by atoms with Gasteiger partial charge in [-0.2, -0.15) is 0 Å². The molecule has 0 aromatic heterocycles. The molecule has 7 nitrogen and oxygen atoms in total. The molecular formula is C30H36N4O3S. The number of hydrogen-bond acceptors (Lipinski definition) is 5. The number of nitrogens with zero attached hydrogens (tertiary/aromatic N) is 3. The van der Waals surface area contributed by atoms with Gasteiger partial charge < -0.3 is 9.80 Å². The van der Waals surface area contributed by atoms with Crippen molar-refractivity contribution in [2.45, 2.75) is 25.7 Å². The molecule has 1 saturated heterocycles. The number of carbonyl (C=O) groups excluding carboxylic acids is 1. The largest absolute Gasteiger partial charge is 0.368 e. The molecule has 3 rings (SSSR count). The third-order valence-electron chi connectivity index (χ3n) is 6.84. The lowest BCUT2D eigenvalue weighted by Crippen LogP contribution is -2.51. The smallest absolute Gasteiger partial charge is 0.264 e. The molecule has 0 unspecified atom stereocenters. The van der Waals surface area contributed by atoms with Crippen molar-refractivity contribution in [3.05, 3.63) is 97.1 Å². The van der Waals surface area contributed by atoms with Gasteiger partial charge in [-0.15, -0.1) is 0 Å². The molecule has 2 aromatic rings. The van der Waals surface area contributed by atoms with E-state index < -0.39 is 15.4 Å². The zero-order valence-electron chi connectivity index (χ0n) is 22.4. The first kappa shape index (κ1) is 28.7. The van der Waals surface area contributed by atoms with Gasteiger partial charge in [0.15, 0.2) is 0 Å². The lowest BCUT2D eigenvalue weighted by molar-refractivity contribution is -0.139. The number of nitrogens with one attached hydrogen (secondary N) is 1. The minimum atomic E-state index is -3.84. The topological polar surface area (TPSA) is 82.1 Å². The van der Waals surface area contributed by atoms with Gasteiger partial charge in [-0.05, 0) is 62.4 Å². The van der Waals surface area contributed by atoms with Gasteiger partial charge >= 0.3 is 0 Å². The third kappa shape index (κ3) is 5.97. The average molecular weight is 533 g/mol. The highest BCUT2D eigenvalue weighted by Crippen LogP contribution is 2.32. The highest BCUT2D eigenvalue weighted by atomic mass is 32.2. The average Bonchev–Trinajstić information content (AvgIpc) is 2.90. The Balaban J connectivity index is 1.66. The standard InChI is InChI=1S/C30H36N4O3S/c1-8-11-25(9-2)30(5,6)29(35)34-20-18-33(19-21-34)23(4)24-14-16-26(17-15-24)32-38(36,37)27-13-10-12-22(3)28(27)31-7/h8-17,32H,1-2,4,7,18-21H2,3,5-6H3/b25-11+. The lowest BCUT2D eigenvalue weighted by Gasteiger charge is -2.40. The number of benzene rings is 2. The maximum absolute atomic E-state index is 13.3. The van der Waals surface area contributed by atoms with Crippen LogP contribution in [0.5, 0.6) is 0 Å². The molecule has 1 amide bonds. The molecule has 8 heteroatoms. The van der Waals surface area contributed by atoms with E-state index in [1.807, 2.05) is 37.0 Å². The van der Waals surface area contributed by atoms with Gasteiger partial charge in [0.25, 0.3) is 10.0 Å². The molecule has 200 valence electrons. The van der Waals surface area contributed by atoms with Crippen LogP contribution in [0.15, 0.2) is 95.9 Å². The number of rotatable bonds is 10. The molecule has 0 radical (unpaired) electrons. The number of aliphatic imine (C=N–C) groups is 1. The summed E-state index contributed by atoms with van der Waals surface area (Å²) in [5.74, 6) is 0.0517. The van der Waals surface area contributed by atoms with Gasteiger partial charge in [0.2, 0.25) is 5.91 Å². The van der Waals surface area contributed by atoms with E-state index in [2.05, 4.69) is 41.1 Å². The summed E-state index contributed by atoms with van der Waals surface area (Å²) in [5, 5.41) is 0. The molecular weight excluding hydrogens is 496 g/mol. The van der Waals surface area contributed by atoms with Gasteiger partial charge in [-0.25, -0.2) is 8.42 Å². The summed E-state index contributed by atoms with van der Waals surface area (Å²) in [5.41, 5.74) is 3.33. The summed E-state index contributed by atoms with van der Waals surface area (Å²) in [4.78, 5) is 21.2. The summed E-state index contributed by atoms with van der Waals surface area (Å²) in [7, 11) is -3.84. The van der Waals surface area contributed by atoms with Crippen LogP contribution in [0.2, 0.25) is 0 Å². The van der Waals surface area contributed by atoms with E-state index in [1.54, 1.807) is 43.3 Å². The Kier molecular flexibility index (Phi) is 8.78. The molecule has 1 aliphatic heterocycles. The second-order valence-corrected chi connectivity index (χ2v) is 11.3. The third-order valence-corrected chi connectivity index (χ3v) is 8.25. The minimum Gasteiger partial charge on any atom is -0.368 e. The fraction of sp³-hybridized carbons (Fsp3) is 0.267. The number of aryl methyl sites for hydroxylation is 1. The lowest BCUT2D eigenvalue weighted by atomic mass is 9.82. The Morgan fingerprint density at radius 2 is 1.63 bits per heavy atom. The van der Waals surface area contributed by atoms with E-state index in [9.17, 15) is 13.2 Å². The van der Waals surface area contributed by atoms with Gasteiger partial charge in [-0.1, -0.05) is 62.2 Å². The van der Waals surface area contributed by atoms with Gasteiger partial charge in [-0.3, -0.25) is 14.5 Å². The molecule has 0 aliphatic carbocycles. The van der Waals surface area contributed by atoms with Crippen molar-refractivity contribution in [1.29, 1.82) is 0 Å². The van der Waals surface area contributed by atoms with Crippen LogP contribution >= 0.6 is 0 Å². The van der Waals surface area contributed by atoms with Crippen molar-refractivity contribution >= 4 is 39.7 Å². The highest BCUT2D eigenvalue weighted by Gasteiger charge is 2.35. The maximum atomic E-state index is 13.3.